The molecule has 1 aromatic carbocycles. The van der Waals surface area contributed by atoms with Gasteiger partial charge < -0.3 is 10.3 Å². The van der Waals surface area contributed by atoms with Crippen LogP contribution in [0, 0.1) is 0 Å². The number of nitrogens with zero attached hydrogens (tertiary/aromatic N) is 1. The second kappa shape index (κ2) is 6.09. The van der Waals surface area contributed by atoms with E-state index in [1.165, 1.54) is 0 Å². The average molecular weight is 293 g/mol. The van der Waals surface area contributed by atoms with Crippen molar-refractivity contribution >= 4 is 15.5 Å². The van der Waals surface area contributed by atoms with Crippen molar-refractivity contribution in [3.05, 3.63) is 42.5 Å². The summed E-state index contributed by atoms with van der Waals surface area (Å²) in [5.41, 5.74) is 0.878. The van der Waals surface area contributed by atoms with E-state index in [2.05, 4.69) is 22.2 Å². The highest BCUT2D eigenvalue weighted by Gasteiger charge is 2.13. The summed E-state index contributed by atoms with van der Waals surface area (Å²) in [5, 5.41) is 3.34. The van der Waals surface area contributed by atoms with E-state index in [0.29, 0.717) is 4.90 Å². The van der Waals surface area contributed by atoms with Crippen molar-refractivity contribution < 1.29 is 8.42 Å². The molecule has 0 fully saturated rings. The third-order valence-corrected chi connectivity index (χ3v) is 4.94. The van der Waals surface area contributed by atoms with Gasteiger partial charge >= 0.3 is 0 Å². The first-order chi connectivity index (χ1) is 9.56. The van der Waals surface area contributed by atoms with E-state index in [4.69, 9.17) is 0 Å². The van der Waals surface area contributed by atoms with E-state index < -0.39 is 9.84 Å². The van der Waals surface area contributed by atoms with Gasteiger partial charge in [0.25, 0.3) is 0 Å². The molecule has 0 amide bonds. The van der Waals surface area contributed by atoms with E-state index in [1.807, 2.05) is 0 Å². The maximum Gasteiger partial charge on any atom is 0.178 e. The van der Waals surface area contributed by atoms with Crippen LogP contribution in [0.4, 0.5) is 5.69 Å². The van der Waals surface area contributed by atoms with Crippen molar-refractivity contribution in [3.8, 4) is 0 Å². The molecule has 2 aromatic rings. The van der Waals surface area contributed by atoms with Crippen LogP contribution in [0.15, 0.2) is 41.6 Å². The van der Waals surface area contributed by atoms with E-state index in [9.17, 15) is 8.42 Å². The monoisotopic (exact) mass is 293 g/mol. The molecule has 0 bridgehead atoms. The molecule has 2 N–H and O–H groups in total. The highest BCUT2D eigenvalue weighted by molar-refractivity contribution is 7.91. The Balaban J connectivity index is 2.15. The minimum Gasteiger partial charge on any atom is -0.375 e. The normalized spacial score (nSPS) is 13.1. The van der Waals surface area contributed by atoms with Crippen LogP contribution in [0.2, 0.25) is 0 Å². The van der Waals surface area contributed by atoms with Gasteiger partial charge in [0.1, 0.15) is 5.82 Å². The molecule has 0 spiro atoms. The smallest absolute Gasteiger partial charge is 0.178 e. The first kappa shape index (κ1) is 14.6. The van der Waals surface area contributed by atoms with Crippen molar-refractivity contribution in [1.82, 2.24) is 9.97 Å². The molecule has 6 heteroatoms. The van der Waals surface area contributed by atoms with Crippen LogP contribution in [0.5, 0.6) is 0 Å². The quantitative estimate of drug-likeness (QED) is 0.858. The summed E-state index contributed by atoms with van der Waals surface area (Å²) in [6.45, 7) is 3.71. The Morgan fingerprint density at radius 2 is 1.95 bits per heavy atom. The van der Waals surface area contributed by atoms with Crippen molar-refractivity contribution in [1.29, 1.82) is 0 Å². The second-order valence-corrected chi connectivity index (χ2v) is 6.79. The molecule has 0 saturated carbocycles. The van der Waals surface area contributed by atoms with E-state index >= 15 is 0 Å². The molecule has 0 aliphatic carbocycles. The number of H-pyrrole nitrogens is 1. The maximum absolute atomic E-state index is 11.7. The Kier molecular flexibility index (Phi) is 4.44. The van der Waals surface area contributed by atoms with Gasteiger partial charge in [-0.2, -0.15) is 0 Å². The Hall–Kier alpha value is -1.82. The molecule has 1 unspecified atom stereocenters. The molecular formula is C14H19N3O2S. The number of imidazole rings is 1. The summed E-state index contributed by atoms with van der Waals surface area (Å²) in [7, 11) is -3.14. The molecule has 108 valence electrons. The Morgan fingerprint density at radius 1 is 1.25 bits per heavy atom. The van der Waals surface area contributed by atoms with Crippen LogP contribution in [0.1, 0.15) is 32.1 Å². The fourth-order valence-electron chi connectivity index (χ4n) is 1.96. The molecule has 0 radical (unpaired) electrons. The van der Waals surface area contributed by atoms with Crippen LogP contribution < -0.4 is 5.32 Å². The molecule has 0 aliphatic rings. The van der Waals surface area contributed by atoms with Gasteiger partial charge in [0, 0.05) is 18.1 Å². The predicted octanol–water partition coefficient (Wildman–Crippen LogP) is 2.77. The van der Waals surface area contributed by atoms with Gasteiger partial charge in [-0.15, -0.1) is 0 Å². The Labute approximate surface area is 119 Å². The van der Waals surface area contributed by atoms with Gasteiger partial charge in [-0.1, -0.05) is 13.8 Å². The number of nitrogens with one attached hydrogen (secondary N) is 2. The van der Waals surface area contributed by atoms with Crippen LogP contribution in [-0.2, 0) is 9.84 Å². The lowest BCUT2D eigenvalue weighted by atomic mass is 10.2. The molecular weight excluding hydrogens is 274 g/mol. The van der Waals surface area contributed by atoms with E-state index in [1.54, 1.807) is 43.6 Å². The molecule has 20 heavy (non-hydrogen) atoms. The average Bonchev–Trinajstić information content (AvgIpc) is 2.99. The van der Waals surface area contributed by atoms with Crippen molar-refractivity contribution in [2.45, 2.75) is 31.2 Å². The molecule has 5 nitrogen and oxygen atoms in total. The van der Waals surface area contributed by atoms with Crippen LogP contribution in [-0.4, -0.2) is 24.1 Å². The SMILES string of the molecule is CCC(Nc1ccc(S(=O)(=O)CC)cc1)c1ncc[nH]1. The molecule has 0 aliphatic heterocycles. The van der Waals surface area contributed by atoms with Gasteiger partial charge in [-0.05, 0) is 30.7 Å². The largest absolute Gasteiger partial charge is 0.375 e. The summed E-state index contributed by atoms with van der Waals surface area (Å²) in [6, 6.07) is 6.92. The van der Waals surface area contributed by atoms with E-state index in [0.717, 1.165) is 17.9 Å². The van der Waals surface area contributed by atoms with Crippen LogP contribution in [0.3, 0.4) is 0 Å². The fraction of sp³-hybridized carbons (Fsp3) is 0.357. The van der Waals surface area contributed by atoms with Gasteiger partial charge in [0.2, 0.25) is 0 Å². The third-order valence-electron chi connectivity index (χ3n) is 3.19. The second-order valence-electron chi connectivity index (χ2n) is 4.51. The first-order valence-corrected chi connectivity index (χ1v) is 8.30. The van der Waals surface area contributed by atoms with Gasteiger partial charge in [0.05, 0.1) is 16.7 Å². The zero-order valence-corrected chi connectivity index (χ0v) is 12.4. The summed E-state index contributed by atoms with van der Waals surface area (Å²) in [5.74, 6) is 0.988. The fourth-order valence-corrected chi connectivity index (χ4v) is 2.84. The molecule has 0 saturated heterocycles. The van der Waals surface area contributed by atoms with E-state index in [-0.39, 0.29) is 11.8 Å². The zero-order chi connectivity index (χ0) is 14.6. The molecule has 1 aromatic heterocycles. The predicted molar refractivity (Wildman–Crippen MR) is 79.4 cm³/mol. The van der Waals surface area contributed by atoms with Gasteiger partial charge in [-0.3, -0.25) is 0 Å². The van der Waals surface area contributed by atoms with Gasteiger partial charge in [0.15, 0.2) is 9.84 Å². The van der Waals surface area contributed by atoms with Crippen LogP contribution in [0.25, 0.3) is 0 Å². The Morgan fingerprint density at radius 3 is 2.45 bits per heavy atom. The third kappa shape index (κ3) is 3.19. The maximum atomic E-state index is 11.7. The van der Waals surface area contributed by atoms with Crippen molar-refractivity contribution in [3.63, 3.8) is 0 Å². The number of rotatable bonds is 6. The number of benzene rings is 1. The highest BCUT2D eigenvalue weighted by atomic mass is 32.2. The Bertz CT molecular complexity index is 634. The minimum atomic E-state index is -3.14. The lowest BCUT2D eigenvalue weighted by Gasteiger charge is -2.16. The standard InChI is InChI=1S/C14H19N3O2S/c1-3-13(14-15-9-10-16-14)17-11-5-7-12(8-6-11)20(18,19)4-2/h5-10,13,17H,3-4H2,1-2H3,(H,15,16). The number of aromatic nitrogens is 2. The minimum absolute atomic E-state index is 0.0821. The van der Waals surface area contributed by atoms with Crippen molar-refractivity contribution in [2.24, 2.45) is 0 Å². The highest BCUT2D eigenvalue weighted by Crippen LogP contribution is 2.21. The number of hydrogen-bond acceptors (Lipinski definition) is 4. The lowest BCUT2D eigenvalue weighted by molar-refractivity contribution is 0.597. The topological polar surface area (TPSA) is 74.8 Å². The summed E-state index contributed by atoms with van der Waals surface area (Å²) >= 11 is 0. The number of anilines is 1. The first-order valence-electron chi connectivity index (χ1n) is 6.65. The number of aromatic amines is 1. The van der Waals surface area contributed by atoms with Crippen molar-refractivity contribution in [2.75, 3.05) is 11.1 Å². The number of hydrogen-bond donors (Lipinski definition) is 2. The van der Waals surface area contributed by atoms with Crippen LogP contribution >= 0.6 is 0 Å². The zero-order valence-electron chi connectivity index (χ0n) is 11.6. The lowest BCUT2D eigenvalue weighted by Crippen LogP contribution is -2.11. The molecule has 2 rings (SSSR count). The van der Waals surface area contributed by atoms with Gasteiger partial charge in [-0.25, -0.2) is 13.4 Å². The molecule has 1 atom stereocenters. The summed E-state index contributed by atoms with van der Waals surface area (Å²) in [6.07, 6.45) is 4.38. The number of sulfone groups is 1. The summed E-state index contributed by atoms with van der Waals surface area (Å²) in [4.78, 5) is 7.68. The summed E-state index contributed by atoms with van der Waals surface area (Å²) < 4.78 is 23.5. The molecule has 1 heterocycles.